The fourth-order valence-electron chi connectivity index (χ4n) is 3.94. The van der Waals surface area contributed by atoms with Crippen molar-refractivity contribution < 1.29 is 9.84 Å². The summed E-state index contributed by atoms with van der Waals surface area (Å²) in [5, 5.41) is 10.8. The van der Waals surface area contributed by atoms with Gasteiger partial charge in [0.25, 0.3) is 0 Å². The zero-order valence-corrected chi connectivity index (χ0v) is 15.3. The maximum Gasteiger partial charge on any atom is 0.126 e. The topological polar surface area (TPSA) is 29.5 Å². The summed E-state index contributed by atoms with van der Waals surface area (Å²) in [6.45, 7) is 10.6. The Morgan fingerprint density at radius 1 is 0.875 bits per heavy atom. The first-order valence-electron chi connectivity index (χ1n) is 8.68. The molecule has 1 saturated heterocycles. The summed E-state index contributed by atoms with van der Waals surface area (Å²) in [5.41, 5.74) is 1.29. The molecule has 0 saturated carbocycles. The zero-order chi connectivity index (χ0) is 17.6. The normalized spacial score (nSPS) is 23.3. The van der Waals surface area contributed by atoms with Gasteiger partial charge >= 0.3 is 0 Å². The number of aliphatic hydroxyl groups is 1. The standard InChI is InChI=1S/C22H28O2/c1-20(2,3)18(23)19-21(4,5)22(24-19,16-12-8-6-9-13-16)17-14-10-7-11-15-17/h6-15,18-19,23H,1-5H3/t18?,19-/m0/s1. The molecule has 0 radical (unpaired) electrons. The van der Waals surface area contributed by atoms with Gasteiger partial charge in [0.1, 0.15) is 5.60 Å². The van der Waals surface area contributed by atoms with Crippen molar-refractivity contribution in [2.24, 2.45) is 10.8 Å². The number of hydrogen-bond acceptors (Lipinski definition) is 2. The SMILES string of the molecule is CC(C)(C)C(O)[C@@H]1OC(c2ccccc2)(c2ccccc2)C1(C)C. The van der Waals surface area contributed by atoms with Gasteiger partial charge in [0.2, 0.25) is 0 Å². The lowest BCUT2D eigenvalue weighted by Crippen LogP contribution is -2.69. The van der Waals surface area contributed by atoms with Crippen LogP contribution in [0.3, 0.4) is 0 Å². The van der Waals surface area contributed by atoms with E-state index in [4.69, 9.17) is 4.74 Å². The van der Waals surface area contributed by atoms with E-state index < -0.39 is 11.7 Å². The highest BCUT2D eigenvalue weighted by molar-refractivity contribution is 5.43. The second-order valence-corrected chi connectivity index (χ2v) is 8.48. The highest BCUT2D eigenvalue weighted by atomic mass is 16.6. The molecule has 1 fully saturated rings. The van der Waals surface area contributed by atoms with E-state index in [9.17, 15) is 5.11 Å². The van der Waals surface area contributed by atoms with Crippen LogP contribution >= 0.6 is 0 Å². The van der Waals surface area contributed by atoms with Crippen molar-refractivity contribution in [1.29, 1.82) is 0 Å². The van der Waals surface area contributed by atoms with Gasteiger partial charge in [-0.1, -0.05) is 95.3 Å². The van der Waals surface area contributed by atoms with Crippen LogP contribution < -0.4 is 0 Å². The number of rotatable bonds is 3. The largest absolute Gasteiger partial charge is 0.390 e. The molecule has 1 aliphatic rings. The molecule has 1 aliphatic heterocycles. The first-order chi connectivity index (χ1) is 11.2. The summed E-state index contributed by atoms with van der Waals surface area (Å²) in [6.07, 6.45) is -0.731. The third-order valence-corrected chi connectivity index (χ3v) is 5.46. The van der Waals surface area contributed by atoms with Gasteiger partial charge in [-0.25, -0.2) is 0 Å². The second kappa shape index (κ2) is 5.72. The van der Waals surface area contributed by atoms with Crippen LogP contribution in [-0.2, 0) is 10.3 Å². The van der Waals surface area contributed by atoms with Crippen molar-refractivity contribution in [3.63, 3.8) is 0 Å². The molecule has 2 aromatic carbocycles. The van der Waals surface area contributed by atoms with E-state index in [1.807, 2.05) is 36.4 Å². The van der Waals surface area contributed by atoms with Crippen LogP contribution in [0.5, 0.6) is 0 Å². The molecule has 2 atom stereocenters. The molecule has 2 aromatic rings. The van der Waals surface area contributed by atoms with E-state index in [0.29, 0.717) is 0 Å². The van der Waals surface area contributed by atoms with E-state index >= 15 is 0 Å². The second-order valence-electron chi connectivity index (χ2n) is 8.48. The van der Waals surface area contributed by atoms with Crippen molar-refractivity contribution in [3.05, 3.63) is 71.8 Å². The predicted molar refractivity (Wildman–Crippen MR) is 97.8 cm³/mol. The van der Waals surface area contributed by atoms with Gasteiger partial charge in [-0.3, -0.25) is 0 Å². The molecule has 1 N–H and O–H groups in total. The maximum atomic E-state index is 10.8. The van der Waals surface area contributed by atoms with Crippen molar-refractivity contribution in [2.75, 3.05) is 0 Å². The first kappa shape index (κ1) is 17.2. The van der Waals surface area contributed by atoms with Crippen molar-refractivity contribution >= 4 is 0 Å². The summed E-state index contributed by atoms with van der Waals surface area (Å²) in [6, 6.07) is 20.7. The van der Waals surface area contributed by atoms with Crippen LogP contribution in [0.15, 0.2) is 60.7 Å². The Bertz CT molecular complexity index is 643. The van der Waals surface area contributed by atoms with Crippen LogP contribution in [0, 0.1) is 10.8 Å². The van der Waals surface area contributed by atoms with Crippen LogP contribution in [0.2, 0.25) is 0 Å². The van der Waals surface area contributed by atoms with Crippen LogP contribution in [-0.4, -0.2) is 17.3 Å². The minimum absolute atomic E-state index is 0.210. The molecular weight excluding hydrogens is 296 g/mol. The number of ether oxygens (including phenoxy) is 1. The molecular formula is C22H28O2. The summed E-state index contributed by atoms with van der Waals surface area (Å²) in [4.78, 5) is 0. The van der Waals surface area contributed by atoms with E-state index in [-0.39, 0.29) is 16.9 Å². The van der Waals surface area contributed by atoms with Gasteiger partial charge in [0.15, 0.2) is 0 Å². The van der Waals surface area contributed by atoms with Crippen molar-refractivity contribution in [2.45, 2.75) is 52.4 Å². The minimum atomic E-state index is -0.535. The van der Waals surface area contributed by atoms with Gasteiger partial charge in [-0.15, -0.1) is 0 Å². The molecule has 1 unspecified atom stereocenters. The highest BCUT2D eigenvalue weighted by Crippen LogP contribution is 2.61. The molecule has 24 heavy (non-hydrogen) atoms. The quantitative estimate of drug-likeness (QED) is 0.882. The molecule has 1 heterocycles. The fraction of sp³-hybridized carbons (Fsp3) is 0.455. The summed E-state index contributed by atoms with van der Waals surface area (Å²) in [7, 11) is 0. The Hall–Kier alpha value is -1.64. The summed E-state index contributed by atoms with van der Waals surface area (Å²) < 4.78 is 6.55. The third-order valence-electron chi connectivity index (χ3n) is 5.46. The Labute approximate surface area is 145 Å². The number of aliphatic hydroxyl groups excluding tert-OH is 1. The molecule has 2 heteroatoms. The highest BCUT2D eigenvalue weighted by Gasteiger charge is 2.66. The summed E-state index contributed by atoms with van der Waals surface area (Å²) >= 11 is 0. The molecule has 0 bridgehead atoms. The molecule has 2 nitrogen and oxygen atoms in total. The fourth-order valence-corrected chi connectivity index (χ4v) is 3.94. The van der Waals surface area contributed by atoms with E-state index in [1.54, 1.807) is 0 Å². The van der Waals surface area contributed by atoms with Gasteiger partial charge in [0, 0.05) is 5.41 Å². The molecule has 3 rings (SSSR count). The number of hydrogen-bond donors (Lipinski definition) is 1. The van der Waals surface area contributed by atoms with E-state index in [1.165, 1.54) is 0 Å². The van der Waals surface area contributed by atoms with Crippen molar-refractivity contribution in [3.8, 4) is 0 Å². The molecule has 128 valence electrons. The van der Waals surface area contributed by atoms with Gasteiger partial charge < -0.3 is 9.84 Å². The molecule has 0 aliphatic carbocycles. The van der Waals surface area contributed by atoms with Gasteiger partial charge in [-0.2, -0.15) is 0 Å². The van der Waals surface area contributed by atoms with Crippen molar-refractivity contribution in [1.82, 2.24) is 0 Å². The average Bonchev–Trinajstić information content (AvgIpc) is 2.55. The Morgan fingerprint density at radius 2 is 1.29 bits per heavy atom. The van der Waals surface area contributed by atoms with Crippen LogP contribution in [0.1, 0.15) is 45.7 Å². The van der Waals surface area contributed by atoms with E-state index in [0.717, 1.165) is 11.1 Å². The predicted octanol–water partition coefficient (Wildman–Crippen LogP) is 4.76. The zero-order valence-electron chi connectivity index (χ0n) is 15.3. The van der Waals surface area contributed by atoms with Gasteiger partial charge in [-0.05, 0) is 16.5 Å². The Kier molecular flexibility index (Phi) is 4.09. The lowest BCUT2D eigenvalue weighted by molar-refractivity contribution is -0.330. The Balaban J connectivity index is 2.10. The first-order valence-corrected chi connectivity index (χ1v) is 8.68. The van der Waals surface area contributed by atoms with Crippen LogP contribution in [0.25, 0.3) is 0 Å². The van der Waals surface area contributed by atoms with E-state index in [2.05, 4.69) is 58.9 Å². The average molecular weight is 324 g/mol. The van der Waals surface area contributed by atoms with Crippen LogP contribution in [0.4, 0.5) is 0 Å². The monoisotopic (exact) mass is 324 g/mol. The lowest BCUT2D eigenvalue weighted by atomic mass is 9.56. The van der Waals surface area contributed by atoms with Gasteiger partial charge in [0.05, 0.1) is 12.2 Å². The lowest BCUT2D eigenvalue weighted by Gasteiger charge is -2.64. The third kappa shape index (κ3) is 2.40. The maximum absolute atomic E-state index is 10.8. The minimum Gasteiger partial charge on any atom is -0.390 e. The Morgan fingerprint density at radius 3 is 1.62 bits per heavy atom. The molecule has 0 spiro atoms. The molecule has 0 amide bonds. The molecule has 0 aromatic heterocycles. The smallest absolute Gasteiger partial charge is 0.126 e. The number of benzene rings is 2. The summed E-state index contributed by atoms with van der Waals surface area (Å²) in [5.74, 6) is 0.